The number of benzene rings is 1. The average molecular weight is 407 g/mol. The Morgan fingerprint density at radius 1 is 1.14 bits per heavy atom. The summed E-state index contributed by atoms with van der Waals surface area (Å²) in [5, 5.41) is 4.40. The monoisotopic (exact) mass is 407 g/mol. The molecule has 4 amide bonds. The standard InChI is InChI=1S/C18H21N3O6S/c1-9-8-21-13-5-4-12(28(3,25)26)6-11(13)7-18(14(21)10(2)27-9)15(22)19-17(24)20-16(18)23/h4-6,9-10,14H,7-8H2,1-3H3,(H2,19,20,22,23,24)/t9-,10+,14?/m1/s1. The highest BCUT2D eigenvalue weighted by atomic mass is 32.2. The van der Waals surface area contributed by atoms with Crippen LogP contribution in [0.25, 0.3) is 0 Å². The van der Waals surface area contributed by atoms with E-state index in [2.05, 4.69) is 10.6 Å². The molecule has 2 fully saturated rings. The van der Waals surface area contributed by atoms with E-state index in [4.69, 9.17) is 4.74 Å². The minimum absolute atomic E-state index is 0.0279. The first-order valence-corrected chi connectivity index (χ1v) is 10.8. The van der Waals surface area contributed by atoms with Crippen molar-refractivity contribution in [1.29, 1.82) is 0 Å². The molecule has 1 unspecified atom stereocenters. The highest BCUT2D eigenvalue weighted by Gasteiger charge is 2.62. The Labute approximate surface area is 162 Å². The first-order chi connectivity index (χ1) is 13.0. The molecule has 9 nitrogen and oxygen atoms in total. The van der Waals surface area contributed by atoms with E-state index in [0.29, 0.717) is 12.1 Å². The summed E-state index contributed by atoms with van der Waals surface area (Å²) in [7, 11) is -3.46. The number of carbonyl (C=O) groups excluding carboxylic acids is 3. The Morgan fingerprint density at radius 2 is 1.79 bits per heavy atom. The van der Waals surface area contributed by atoms with E-state index >= 15 is 0 Å². The molecule has 10 heteroatoms. The van der Waals surface area contributed by atoms with E-state index in [1.165, 1.54) is 12.1 Å². The number of sulfone groups is 1. The molecule has 0 radical (unpaired) electrons. The van der Waals surface area contributed by atoms with Crippen molar-refractivity contribution in [2.45, 2.75) is 43.4 Å². The number of fused-ring (bicyclic) bond motifs is 4. The minimum atomic E-state index is -3.46. The zero-order valence-corrected chi connectivity index (χ0v) is 16.5. The van der Waals surface area contributed by atoms with Crippen LogP contribution in [0.5, 0.6) is 0 Å². The molecule has 3 aliphatic rings. The maximum atomic E-state index is 13.0. The lowest BCUT2D eigenvalue weighted by Gasteiger charge is -2.55. The van der Waals surface area contributed by atoms with Gasteiger partial charge in [-0.15, -0.1) is 0 Å². The lowest BCUT2D eigenvalue weighted by Crippen LogP contribution is -2.75. The lowest BCUT2D eigenvalue weighted by molar-refractivity contribution is -0.153. The van der Waals surface area contributed by atoms with E-state index in [1.54, 1.807) is 13.0 Å². The zero-order valence-electron chi connectivity index (χ0n) is 15.7. The number of anilines is 1. The third kappa shape index (κ3) is 2.62. The average Bonchev–Trinajstić information content (AvgIpc) is 2.57. The van der Waals surface area contributed by atoms with E-state index in [0.717, 1.165) is 11.9 Å². The second-order valence-corrected chi connectivity index (χ2v) is 9.71. The number of ether oxygens (including phenoxy) is 1. The van der Waals surface area contributed by atoms with Crippen molar-refractivity contribution in [1.82, 2.24) is 10.6 Å². The van der Waals surface area contributed by atoms with Crippen LogP contribution in [0.4, 0.5) is 10.5 Å². The van der Waals surface area contributed by atoms with Gasteiger partial charge in [0.25, 0.3) is 0 Å². The Kier molecular flexibility index (Phi) is 4.06. The molecular formula is C18H21N3O6S. The summed E-state index contributed by atoms with van der Waals surface area (Å²) in [5.74, 6) is -1.40. The molecule has 1 spiro atoms. The maximum Gasteiger partial charge on any atom is 0.328 e. The molecule has 3 aliphatic heterocycles. The summed E-state index contributed by atoms with van der Waals surface area (Å²) >= 11 is 0. The highest BCUT2D eigenvalue weighted by Crippen LogP contribution is 2.47. The summed E-state index contributed by atoms with van der Waals surface area (Å²) in [4.78, 5) is 39.6. The lowest BCUT2D eigenvalue weighted by atomic mass is 9.66. The van der Waals surface area contributed by atoms with Gasteiger partial charge in [-0.3, -0.25) is 20.2 Å². The number of morpholine rings is 1. The van der Waals surface area contributed by atoms with Crippen molar-refractivity contribution < 1.29 is 27.5 Å². The first kappa shape index (κ1) is 18.9. The van der Waals surface area contributed by atoms with Gasteiger partial charge in [0.15, 0.2) is 15.3 Å². The van der Waals surface area contributed by atoms with Crippen molar-refractivity contribution in [2.24, 2.45) is 5.41 Å². The van der Waals surface area contributed by atoms with Gasteiger partial charge in [-0.1, -0.05) is 0 Å². The smallest absolute Gasteiger partial charge is 0.328 e. The van der Waals surface area contributed by atoms with Crippen molar-refractivity contribution in [2.75, 3.05) is 17.7 Å². The van der Waals surface area contributed by atoms with Gasteiger partial charge in [0.1, 0.15) is 0 Å². The third-order valence-electron chi connectivity index (χ3n) is 5.71. The zero-order chi connectivity index (χ0) is 20.4. The number of rotatable bonds is 1. The Balaban J connectivity index is 1.93. The number of urea groups is 1. The van der Waals surface area contributed by atoms with E-state index in [9.17, 15) is 22.8 Å². The van der Waals surface area contributed by atoms with Crippen LogP contribution in [0.2, 0.25) is 0 Å². The maximum absolute atomic E-state index is 13.0. The van der Waals surface area contributed by atoms with Gasteiger partial charge < -0.3 is 9.64 Å². The molecule has 3 heterocycles. The number of barbiturate groups is 1. The number of hydrogen-bond donors (Lipinski definition) is 2. The molecule has 3 atom stereocenters. The van der Waals surface area contributed by atoms with Crippen molar-refractivity contribution in [3.05, 3.63) is 23.8 Å². The SMILES string of the molecule is C[C@@H]1CN2c3ccc(S(C)(=O)=O)cc3CC3(C(=O)NC(=O)NC3=O)C2[C@H](C)O1. The van der Waals surface area contributed by atoms with Gasteiger partial charge in [-0.25, -0.2) is 13.2 Å². The van der Waals surface area contributed by atoms with Crippen LogP contribution in [0.3, 0.4) is 0 Å². The van der Waals surface area contributed by atoms with Crippen LogP contribution < -0.4 is 15.5 Å². The van der Waals surface area contributed by atoms with Gasteiger partial charge in [0, 0.05) is 18.5 Å². The predicted molar refractivity (Wildman–Crippen MR) is 98.5 cm³/mol. The number of nitrogens with one attached hydrogen (secondary N) is 2. The second-order valence-electron chi connectivity index (χ2n) is 7.70. The number of carbonyl (C=O) groups is 3. The fraction of sp³-hybridized carbons (Fsp3) is 0.500. The highest BCUT2D eigenvalue weighted by molar-refractivity contribution is 7.90. The van der Waals surface area contributed by atoms with Crippen LogP contribution in [-0.4, -0.2) is 57.3 Å². The number of nitrogens with zero attached hydrogens (tertiary/aromatic N) is 1. The van der Waals surface area contributed by atoms with Crippen LogP contribution in [0.15, 0.2) is 23.1 Å². The largest absolute Gasteiger partial charge is 0.372 e. The molecule has 4 rings (SSSR count). The quantitative estimate of drug-likeness (QED) is 0.628. The first-order valence-electron chi connectivity index (χ1n) is 8.96. The number of hydrogen-bond acceptors (Lipinski definition) is 7. The predicted octanol–water partition coefficient (Wildman–Crippen LogP) is -0.0192. The van der Waals surface area contributed by atoms with E-state index in [1.807, 2.05) is 11.8 Å². The van der Waals surface area contributed by atoms with Gasteiger partial charge in [-0.05, 0) is 44.0 Å². The summed E-state index contributed by atoms with van der Waals surface area (Å²) in [6.45, 7) is 4.11. The minimum Gasteiger partial charge on any atom is -0.372 e. The fourth-order valence-electron chi connectivity index (χ4n) is 4.65. The summed E-state index contributed by atoms with van der Waals surface area (Å²) < 4.78 is 29.9. The van der Waals surface area contributed by atoms with E-state index < -0.39 is 45.2 Å². The molecule has 28 heavy (non-hydrogen) atoms. The van der Waals surface area contributed by atoms with Gasteiger partial charge in [0.2, 0.25) is 11.8 Å². The Bertz CT molecular complexity index is 985. The molecule has 0 saturated carbocycles. The fourth-order valence-corrected chi connectivity index (χ4v) is 5.33. The second kappa shape index (κ2) is 6.02. The molecule has 0 aliphatic carbocycles. The molecule has 2 N–H and O–H groups in total. The van der Waals surface area contributed by atoms with Crippen molar-refractivity contribution >= 4 is 33.4 Å². The topological polar surface area (TPSA) is 122 Å². The van der Waals surface area contributed by atoms with Crippen molar-refractivity contribution in [3.63, 3.8) is 0 Å². The molecule has 2 saturated heterocycles. The molecule has 0 aromatic heterocycles. The molecule has 0 bridgehead atoms. The molecule has 150 valence electrons. The Hall–Kier alpha value is -2.46. The number of amides is 4. The van der Waals surface area contributed by atoms with Gasteiger partial charge in [0.05, 0.1) is 23.1 Å². The van der Waals surface area contributed by atoms with Crippen LogP contribution in [0, 0.1) is 5.41 Å². The normalized spacial score (nSPS) is 29.0. The summed E-state index contributed by atoms with van der Waals surface area (Å²) in [5.41, 5.74) is -0.265. The van der Waals surface area contributed by atoms with Crippen LogP contribution in [0.1, 0.15) is 19.4 Å². The van der Waals surface area contributed by atoms with Crippen LogP contribution in [-0.2, 0) is 30.6 Å². The number of imide groups is 2. The Morgan fingerprint density at radius 3 is 2.39 bits per heavy atom. The molecular weight excluding hydrogens is 386 g/mol. The molecule has 1 aromatic rings. The van der Waals surface area contributed by atoms with Crippen molar-refractivity contribution in [3.8, 4) is 0 Å². The van der Waals surface area contributed by atoms with Gasteiger partial charge >= 0.3 is 6.03 Å². The van der Waals surface area contributed by atoms with Gasteiger partial charge in [-0.2, -0.15) is 0 Å². The van der Waals surface area contributed by atoms with Crippen LogP contribution >= 0.6 is 0 Å². The third-order valence-corrected chi connectivity index (χ3v) is 6.82. The summed E-state index contributed by atoms with van der Waals surface area (Å²) in [6.07, 6.45) is 0.462. The molecule has 1 aromatic carbocycles. The summed E-state index contributed by atoms with van der Waals surface area (Å²) in [6, 6.07) is 3.25. The van der Waals surface area contributed by atoms with E-state index in [-0.39, 0.29) is 17.4 Å².